The lowest BCUT2D eigenvalue weighted by Gasteiger charge is -2.12. The number of hydrogen-bond acceptors (Lipinski definition) is 2. The summed E-state index contributed by atoms with van der Waals surface area (Å²) in [7, 11) is 4.09. The first-order chi connectivity index (χ1) is 9.70. The largest absolute Gasteiger partial charge is 0.378 e. The van der Waals surface area contributed by atoms with E-state index in [4.69, 9.17) is 4.99 Å². The first-order valence-electron chi connectivity index (χ1n) is 7.06. The topological polar surface area (TPSA) is 15.6 Å². The molecule has 2 rings (SSSR count). The summed E-state index contributed by atoms with van der Waals surface area (Å²) in [6, 6.07) is 19.1. The zero-order valence-electron chi connectivity index (χ0n) is 12.5. The van der Waals surface area contributed by atoms with Crippen LogP contribution in [-0.2, 0) is 0 Å². The molecule has 0 fully saturated rings. The van der Waals surface area contributed by atoms with E-state index in [1.807, 2.05) is 26.4 Å². The predicted octanol–water partition coefficient (Wildman–Crippen LogP) is 4.32. The maximum atomic E-state index is 4.72. The summed E-state index contributed by atoms with van der Waals surface area (Å²) in [5.41, 5.74) is 3.62. The third kappa shape index (κ3) is 3.70. The molecule has 0 amide bonds. The molecular formula is C18H22N2. The lowest BCUT2D eigenvalue weighted by Crippen LogP contribution is -2.08. The van der Waals surface area contributed by atoms with E-state index in [1.165, 1.54) is 11.3 Å². The van der Waals surface area contributed by atoms with Crippen molar-refractivity contribution < 1.29 is 0 Å². The molecule has 0 spiro atoms. The number of hydrogen-bond donors (Lipinski definition) is 0. The molecule has 0 N–H and O–H groups in total. The van der Waals surface area contributed by atoms with Crippen LogP contribution in [0.1, 0.15) is 30.5 Å². The first kappa shape index (κ1) is 14.3. The van der Waals surface area contributed by atoms with Gasteiger partial charge in [-0.2, -0.15) is 0 Å². The summed E-state index contributed by atoms with van der Waals surface area (Å²) in [6.07, 6.45) is 2.98. The molecule has 2 aromatic rings. The van der Waals surface area contributed by atoms with E-state index in [-0.39, 0.29) is 6.04 Å². The molecule has 0 saturated heterocycles. The van der Waals surface area contributed by atoms with Gasteiger partial charge in [0.25, 0.3) is 0 Å². The molecule has 0 radical (unpaired) electrons. The van der Waals surface area contributed by atoms with Gasteiger partial charge in [-0.25, -0.2) is 0 Å². The van der Waals surface area contributed by atoms with Crippen LogP contribution in [-0.4, -0.2) is 20.3 Å². The third-order valence-corrected chi connectivity index (χ3v) is 3.38. The molecule has 0 unspecified atom stereocenters. The average Bonchev–Trinajstić information content (AvgIpc) is 2.49. The third-order valence-electron chi connectivity index (χ3n) is 3.38. The summed E-state index contributed by atoms with van der Waals surface area (Å²) in [6.45, 7) is 2.17. The van der Waals surface area contributed by atoms with E-state index in [0.29, 0.717) is 0 Å². The van der Waals surface area contributed by atoms with Crippen LogP contribution in [0.2, 0.25) is 0 Å². The van der Waals surface area contributed by atoms with Crippen LogP contribution in [0.15, 0.2) is 59.6 Å². The molecule has 2 heteroatoms. The van der Waals surface area contributed by atoms with E-state index < -0.39 is 0 Å². The minimum absolute atomic E-state index is 0.240. The molecule has 0 heterocycles. The molecule has 2 aromatic carbocycles. The van der Waals surface area contributed by atoms with Crippen molar-refractivity contribution in [2.75, 3.05) is 19.0 Å². The number of anilines is 1. The molecule has 0 bridgehead atoms. The Kier molecular flexibility index (Phi) is 4.94. The van der Waals surface area contributed by atoms with E-state index >= 15 is 0 Å². The Morgan fingerprint density at radius 3 is 2.20 bits per heavy atom. The smallest absolute Gasteiger partial charge is 0.0746 e. The molecule has 1 atom stereocenters. The lowest BCUT2D eigenvalue weighted by atomic mass is 10.1. The highest BCUT2D eigenvalue weighted by Crippen LogP contribution is 2.20. The minimum Gasteiger partial charge on any atom is -0.378 e. The molecule has 2 nitrogen and oxygen atoms in total. The molecule has 0 aliphatic carbocycles. The number of benzene rings is 2. The Morgan fingerprint density at radius 2 is 1.65 bits per heavy atom. The normalized spacial score (nSPS) is 12.6. The van der Waals surface area contributed by atoms with E-state index in [0.717, 1.165) is 12.0 Å². The average molecular weight is 266 g/mol. The van der Waals surface area contributed by atoms with E-state index in [2.05, 4.69) is 60.4 Å². The molecular weight excluding hydrogens is 244 g/mol. The summed E-state index contributed by atoms with van der Waals surface area (Å²) in [4.78, 5) is 6.82. The van der Waals surface area contributed by atoms with Crippen LogP contribution < -0.4 is 4.90 Å². The van der Waals surface area contributed by atoms with Gasteiger partial charge < -0.3 is 4.90 Å². The monoisotopic (exact) mass is 266 g/mol. The van der Waals surface area contributed by atoms with Crippen molar-refractivity contribution in [3.63, 3.8) is 0 Å². The van der Waals surface area contributed by atoms with Crippen LogP contribution in [0.5, 0.6) is 0 Å². The summed E-state index contributed by atoms with van der Waals surface area (Å²) in [5.74, 6) is 0. The van der Waals surface area contributed by atoms with Crippen LogP contribution >= 0.6 is 0 Å². The Bertz CT molecular complexity index is 541. The van der Waals surface area contributed by atoms with Gasteiger partial charge in [-0.3, -0.25) is 4.99 Å². The van der Waals surface area contributed by atoms with Crippen molar-refractivity contribution in [2.24, 2.45) is 4.99 Å². The van der Waals surface area contributed by atoms with Gasteiger partial charge in [-0.1, -0.05) is 49.4 Å². The fraction of sp³-hybridized carbons (Fsp3) is 0.278. The zero-order chi connectivity index (χ0) is 14.4. The Labute approximate surface area is 121 Å². The fourth-order valence-electron chi connectivity index (χ4n) is 2.14. The summed E-state index contributed by atoms with van der Waals surface area (Å²) < 4.78 is 0. The minimum atomic E-state index is 0.240. The highest BCUT2D eigenvalue weighted by Gasteiger charge is 2.05. The Hall–Kier alpha value is -2.09. The second-order valence-corrected chi connectivity index (χ2v) is 5.10. The number of aliphatic imine (C=N–C) groups is 1. The highest BCUT2D eigenvalue weighted by atomic mass is 15.1. The standard InChI is InChI=1S/C18H22N2/c1-4-18(16-8-6-5-7-9-16)19-14-15-10-12-17(13-11-15)20(2)3/h5-14,18H,4H2,1-3H3/t18-/m1/s1. The Morgan fingerprint density at radius 1 is 1.00 bits per heavy atom. The van der Waals surface area contributed by atoms with Gasteiger partial charge in [0.2, 0.25) is 0 Å². The molecule has 0 saturated carbocycles. The van der Waals surface area contributed by atoms with Gasteiger partial charge in [0.15, 0.2) is 0 Å². The maximum absolute atomic E-state index is 4.72. The summed E-state index contributed by atoms with van der Waals surface area (Å²) in [5, 5.41) is 0. The van der Waals surface area contributed by atoms with Crippen molar-refractivity contribution in [3.05, 3.63) is 65.7 Å². The molecule has 0 aliphatic heterocycles. The number of rotatable bonds is 5. The van der Waals surface area contributed by atoms with Crippen LogP contribution in [0.4, 0.5) is 5.69 Å². The van der Waals surface area contributed by atoms with E-state index in [1.54, 1.807) is 0 Å². The van der Waals surface area contributed by atoms with Crippen LogP contribution in [0.3, 0.4) is 0 Å². The zero-order valence-corrected chi connectivity index (χ0v) is 12.5. The van der Waals surface area contributed by atoms with Crippen LogP contribution in [0.25, 0.3) is 0 Å². The van der Waals surface area contributed by atoms with Crippen molar-refractivity contribution in [2.45, 2.75) is 19.4 Å². The lowest BCUT2D eigenvalue weighted by molar-refractivity contribution is 0.704. The Balaban J connectivity index is 2.11. The van der Waals surface area contributed by atoms with Gasteiger partial charge in [0.05, 0.1) is 6.04 Å². The molecule has 0 aliphatic rings. The molecule has 104 valence electrons. The van der Waals surface area contributed by atoms with Gasteiger partial charge in [-0.15, -0.1) is 0 Å². The summed E-state index contributed by atoms with van der Waals surface area (Å²) >= 11 is 0. The quantitative estimate of drug-likeness (QED) is 0.736. The van der Waals surface area contributed by atoms with Gasteiger partial charge >= 0.3 is 0 Å². The van der Waals surface area contributed by atoms with Crippen molar-refractivity contribution in [1.29, 1.82) is 0 Å². The molecule has 0 aromatic heterocycles. The van der Waals surface area contributed by atoms with Gasteiger partial charge in [0, 0.05) is 26.0 Å². The van der Waals surface area contributed by atoms with Crippen molar-refractivity contribution >= 4 is 11.9 Å². The predicted molar refractivity (Wildman–Crippen MR) is 87.8 cm³/mol. The van der Waals surface area contributed by atoms with Crippen molar-refractivity contribution in [3.8, 4) is 0 Å². The maximum Gasteiger partial charge on any atom is 0.0746 e. The van der Waals surface area contributed by atoms with Crippen molar-refractivity contribution in [1.82, 2.24) is 0 Å². The second-order valence-electron chi connectivity index (χ2n) is 5.10. The highest BCUT2D eigenvalue weighted by molar-refractivity contribution is 5.80. The fourth-order valence-corrected chi connectivity index (χ4v) is 2.14. The first-order valence-corrected chi connectivity index (χ1v) is 7.06. The van der Waals surface area contributed by atoms with Gasteiger partial charge in [-0.05, 0) is 29.7 Å². The van der Waals surface area contributed by atoms with Crippen LogP contribution in [0, 0.1) is 0 Å². The van der Waals surface area contributed by atoms with E-state index in [9.17, 15) is 0 Å². The SMILES string of the molecule is CC[C@@H](N=Cc1ccc(N(C)C)cc1)c1ccccc1. The van der Waals surface area contributed by atoms with Gasteiger partial charge in [0.1, 0.15) is 0 Å². The second kappa shape index (κ2) is 6.90. The molecule has 20 heavy (non-hydrogen) atoms. The number of nitrogens with zero attached hydrogens (tertiary/aromatic N) is 2.